The zero-order chi connectivity index (χ0) is 31.5. The minimum absolute atomic E-state index is 0.0603. The highest BCUT2D eigenvalue weighted by atomic mass is 32.2. The number of nitro groups is 1. The third kappa shape index (κ3) is 6.62. The average molecular weight is 610 g/mol. The van der Waals surface area contributed by atoms with Crippen LogP contribution in [-0.4, -0.2) is 68.3 Å². The summed E-state index contributed by atoms with van der Waals surface area (Å²) in [6.45, 7) is 10.7. The van der Waals surface area contributed by atoms with Crippen molar-refractivity contribution in [1.82, 2.24) is 15.2 Å². The summed E-state index contributed by atoms with van der Waals surface area (Å²) in [5.41, 5.74) is 3.30. The molecule has 0 radical (unpaired) electrons. The van der Waals surface area contributed by atoms with E-state index in [2.05, 4.69) is 34.4 Å². The number of fused-ring (bicyclic) bond motifs is 1. The largest absolute Gasteiger partial charge is 0.496 e. The molecule has 0 atom stereocenters. The number of aromatic amines is 1. The van der Waals surface area contributed by atoms with Gasteiger partial charge >= 0.3 is 0 Å². The molecule has 0 saturated carbocycles. The summed E-state index contributed by atoms with van der Waals surface area (Å²) < 4.78 is 32.1. The maximum Gasteiger partial charge on any atom is 0.270 e. The van der Waals surface area contributed by atoms with Crippen molar-refractivity contribution in [3.63, 3.8) is 0 Å². The molecule has 0 spiro atoms. The number of hydrogen-bond donors (Lipinski definition) is 3. The van der Waals surface area contributed by atoms with Crippen molar-refractivity contribution in [2.75, 3.05) is 38.6 Å². The number of nitrogens with one attached hydrogen (secondary N) is 3. The zero-order valence-electron chi connectivity index (χ0n) is 24.7. The summed E-state index contributed by atoms with van der Waals surface area (Å²) in [5.74, 6) is -0.969. The molecule has 4 rings (SSSR count). The van der Waals surface area contributed by atoms with Crippen LogP contribution in [0.15, 0.2) is 41.3 Å². The van der Waals surface area contributed by atoms with Crippen LogP contribution in [0.1, 0.15) is 52.3 Å². The number of carbonyl (C=O) groups excluding carboxylic acids is 2. The molecule has 13 heteroatoms. The topological polar surface area (TPSA) is 164 Å². The highest BCUT2D eigenvalue weighted by Gasteiger charge is 2.29. The van der Waals surface area contributed by atoms with E-state index in [1.54, 1.807) is 19.9 Å². The van der Waals surface area contributed by atoms with Gasteiger partial charge in [-0.05, 0) is 62.8 Å². The van der Waals surface area contributed by atoms with Crippen LogP contribution < -0.4 is 15.4 Å². The molecule has 12 nitrogen and oxygen atoms in total. The lowest BCUT2D eigenvalue weighted by atomic mass is 10.0. The molecular formula is C30H35N5O7S. The van der Waals surface area contributed by atoms with Gasteiger partial charge in [-0.3, -0.25) is 19.7 Å². The fourth-order valence-electron chi connectivity index (χ4n) is 5.14. The van der Waals surface area contributed by atoms with E-state index >= 15 is 0 Å². The molecule has 0 aliphatic carbocycles. The Balaban J connectivity index is 1.64. The van der Waals surface area contributed by atoms with Gasteiger partial charge in [-0.25, -0.2) is 8.42 Å². The van der Waals surface area contributed by atoms with E-state index in [4.69, 9.17) is 4.74 Å². The van der Waals surface area contributed by atoms with E-state index in [0.717, 1.165) is 19.6 Å². The highest BCUT2D eigenvalue weighted by Crippen LogP contribution is 2.37. The molecule has 0 bridgehead atoms. The Bertz CT molecular complexity index is 1720. The first-order chi connectivity index (χ1) is 20.4. The van der Waals surface area contributed by atoms with Crippen molar-refractivity contribution in [3.8, 4) is 5.75 Å². The van der Waals surface area contributed by atoms with Gasteiger partial charge in [0.1, 0.15) is 5.75 Å². The number of H-pyrrole nitrogens is 1. The second-order valence-electron chi connectivity index (χ2n) is 10.2. The molecular weight excluding hydrogens is 574 g/mol. The molecule has 0 saturated heterocycles. The molecule has 3 aromatic rings. The molecule has 43 heavy (non-hydrogen) atoms. The summed E-state index contributed by atoms with van der Waals surface area (Å²) >= 11 is 0. The second-order valence-corrected chi connectivity index (χ2v) is 12.2. The van der Waals surface area contributed by atoms with E-state index in [1.165, 1.54) is 43.5 Å². The lowest BCUT2D eigenvalue weighted by molar-refractivity contribution is -0.384. The van der Waals surface area contributed by atoms with Crippen LogP contribution in [0.2, 0.25) is 0 Å². The number of nitrogens with zero attached hydrogens (tertiary/aromatic N) is 2. The number of rotatable bonds is 12. The number of hydrogen-bond acceptors (Lipinski definition) is 8. The smallest absolute Gasteiger partial charge is 0.270 e. The van der Waals surface area contributed by atoms with Gasteiger partial charge in [0.05, 0.1) is 33.8 Å². The number of anilines is 1. The first-order valence-electron chi connectivity index (χ1n) is 13.8. The second kappa shape index (κ2) is 12.8. The molecule has 1 aromatic heterocycles. The number of ether oxygens (including phenoxy) is 1. The Morgan fingerprint density at radius 1 is 1.14 bits per heavy atom. The van der Waals surface area contributed by atoms with Crippen LogP contribution >= 0.6 is 0 Å². The van der Waals surface area contributed by atoms with Crippen LogP contribution in [0.25, 0.3) is 11.6 Å². The summed E-state index contributed by atoms with van der Waals surface area (Å²) in [4.78, 5) is 41.9. The first-order valence-corrected chi connectivity index (χ1v) is 15.5. The van der Waals surface area contributed by atoms with Gasteiger partial charge in [-0.1, -0.05) is 13.8 Å². The minimum Gasteiger partial charge on any atom is -0.496 e. The van der Waals surface area contributed by atoms with E-state index in [-0.39, 0.29) is 33.4 Å². The number of nitro benzene ring substituents is 1. The van der Waals surface area contributed by atoms with Crippen molar-refractivity contribution in [2.24, 2.45) is 0 Å². The molecule has 1 aliphatic rings. The zero-order valence-corrected chi connectivity index (χ0v) is 25.6. The third-order valence-corrected chi connectivity index (χ3v) is 9.22. The Morgan fingerprint density at radius 2 is 1.86 bits per heavy atom. The highest BCUT2D eigenvalue weighted by molar-refractivity contribution is 7.90. The number of aryl methyl sites for hydroxylation is 1. The van der Waals surface area contributed by atoms with Gasteiger partial charge in [0.25, 0.3) is 17.5 Å². The van der Waals surface area contributed by atoms with E-state index in [9.17, 15) is 28.1 Å². The Labute approximate surface area is 250 Å². The number of non-ortho nitro benzene ring substituents is 1. The number of aromatic nitrogens is 1. The Hall–Kier alpha value is -4.49. The fraction of sp³-hybridized carbons (Fsp3) is 0.333. The minimum atomic E-state index is -4.00. The molecule has 0 unspecified atom stereocenters. The van der Waals surface area contributed by atoms with Crippen molar-refractivity contribution >= 4 is 44.7 Å². The van der Waals surface area contributed by atoms with Crippen LogP contribution in [0.5, 0.6) is 5.75 Å². The number of amides is 2. The first kappa shape index (κ1) is 31.4. The normalized spacial score (nSPS) is 13.7. The maximum atomic E-state index is 13.4. The Morgan fingerprint density at radius 3 is 2.51 bits per heavy atom. The predicted octanol–water partition coefficient (Wildman–Crippen LogP) is 4.09. The van der Waals surface area contributed by atoms with E-state index < -0.39 is 26.4 Å². The predicted molar refractivity (Wildman–Crippen MR) is 164 cm³/mol. The number of sulfone groups is 1. The van der Waals surface area contributed by atoms with Gasteiger partial charge in [0.15, 0.2) is 9.84 Å². The summed E-state index contributed by atoms with van der Waals surface area (Å²) in [6, 6.07) is 8.07. The van der Waals surface area contributed by atoms with E-state index in [1.807, 2.05) is 0 Å². The van der Waals surface area contributed by atoms with E-state index in [0.29, 0.717) is 40.3 Å². The summed E-state index contributed by atoms with van der Waals surface area (Å²) in [6.07, 6.45) is 1.61. The van der Waals surface area contributed by atoms with Gasteiger partial charge in [0.2, 0.25) is 0 Å². The Kier molecular flexibility index (Phi) is 9.36. The van der Waals surface area contributed by atoms with Crippen LogP contribution in [0.3, 0.4) is 0 Å². The maximum absolute atomic E-state index is 13.4. The van der Waals surface area contributed by atoms with Crippen LogP contribution in [-0.2, 0) is 20.4 Å². The standard InChI is InChI=1S/C30H35N5O7S/c1-6-34(7-2)13-12-31-30(37)28-18(3)26(32-19(28)4)16-24-23-15-22(9-10-25(23)33-29(24)36)43(40,41)17-20-14-21(35(38)39)8-11-27(20)42-5/h8-11,14-16,32H,6-7,12-13,17H2,1-5H3,(H,31,37)(H,33,36)/b24-16-. The van der Waals surface area contributed by atoms with Gasteiger partial charge in [-0.15, -0.1) is 0 Å². The molecule has 0 fully saturated rings. The summed E-state index contributed by atoms with van der Waals surface area (Å²) in [7, 11) is -2.64. The lowest BCUT2D eigenvalue weighted by Gasteiger charge is -2.18. The van der Waals surface area contributed by atoms with Crippen molar-refractivity contribution in [3.05, 3.63) is 80.2 Å². The molecule has 2 heterocycles. The number of carbonyl (C=O) groups is 2. The van der Waals surface area contributed by atoms with Crippen molar-refractivity contribution in [1.29, 1.82) is 0 Å². The molecule has 2 aromatic carbocycles. The molecule has 2 amide bonds. The molecule has 228 valence electrons. The van der Waals surface area contributed by atoms with Crippen LogP contribution in [0, 0.1) is 24.0 Å². The van der Waals surface area contributed by atoms with Crippen molar-refractivity contribution < 1.29 is 27.7 Å². The fourth-order valence-corrected chi connectivity index (χ4v) is 6.52. The number of likely N-dealkylation sites (N-methyl/N-ethyl adjacent to an activating group) is 1. The summed E-state index contributed by atoms with van der Waals surface area (Å²) in [5, 5.41) is 17.0. The van der Waals surface area contributed by atoms with Gasteiger partial charge in [0, 0.05) is 53.4 Å². The van der Waals surface area contributed by atoms with Gasteiger partial charge in [-0.2, -0.15) is 0 Å². The number of benzene rings is 2. The third-order valence-electron chi connectivity index (χ3n) is 7.55. The molecule has 1 aliphatic heterocycles. The van der Waals surface area contributed by atoms with Crippen LogP contribution in [0.4, 0.5) is 11.4 Å². The van der Waals surface area contributed by atoms with Crippen molar-refractivity contribution in [2.45, 2.75) is 38.3 Å². The monoisotopic (exact) mass is 609 g/mol. The lowest BCUT2D eigenvalue weighted by Crippen LogP contribution is -2.35. The SMILES string of the molecule is CCN(CC)CCNC(=O)c1c(C)[nH]c(/C=C2\C(=O)Nc3ccc(S(=O)(=O)Cc4cc([N+](=O)[O-])ccc4OC)cc32)c1C. The average Bonchev–Trinajstić information content (AvgIpc) is 3.43. The quantitative estimate of drug-likeness (QED) is 0.157. The van der Waals surface area contributed by atoms with Gasteiger partial charge < -0.3 is 25.3 Å². The number of methoxy groups -OCH3 is 1. The molecule has 3 N–H and O–H groups in total.